The highest BCUT2D eigenvalue weighted by molar-refractivity contribution is 5.44. The molecule has 0 radical (unpaired) electrons. The highest BCUT2D eigenvalue weighted by Gasteiger charge is 1.94. The molecule has 0 saturated carbocycles. The molecule has 2 rings (SSSR count). The Labute approximate surface area is 147 Å². The summed E-state index contributed by atoms with van der Waals surface area (Å²) in [5.41, 5.74) is 1.49. The summed E-state index contributed by atoms with van der Waals surface area (Å²) in [5, 5.41) is 38.9. The van der Waals surface area contributed by atoms with Gasteiger partial charge >= 0.3 is 0 Å². The van der Waals surface area contributed by atoms with Gasteiger partial charge in [-0.05, 0) is 24.3 Å². The van der Waals surface area contributed by atoms with Crippen molar-refractivity contribution in [2.45, 2.75) is 0 Å². The van der Waals surface area contributed by atoms with E-state index in [0.29, 0.717) is 31.1 Å². The number of nitrogens with one attached hydrogen (secondary N) is 2. The molecule has 0 atom stereocenters. The molecule has 136 valence electrons. The fourth-order valence-electron chi connectivity index (χ4n) is 1.63. The Bertz CT molecular complexity index is 575. The predicted molar refractivity (Wildman–Crippen MR) is 97.5 cm³/mol. The predicted octanol–water partition coefficient (Wildman–Crippen LogP) is 1.46. The minimum atomic E-state index is 0.0805. The maximum absolute atomic E-state index is 8.67. The van der Waals surface area contributed by atoms with Crippen LogP contribution in [0.3, 0.4) is 0 Å². The third-order valence-electron chi connectivity index (χ3n) is 2.78. The van der Waals surface area contributed by atoms with Crippen LogP contribution in [0.15, 0.2) is 58.9 Å². The van der Waals surface area contributed by atoms with Gasteiger partial charge in [-0.25, -0.2) is 4.98 Å². The molecule has 0 saturated heterocycles. The lowest BCUT2D eigenvalue weighted by Gasteiger charge is -2.02. The molecular formula is C17H25N5O3. The summed E-state index contributed by atoms with van der Waals surface area (Å²) in [5.74, 6) is 0.711. The normalized spacial score (nSPS) is 10.4. The number of nitrogens with zero attached hydrogens (tertiary/aromatic N) is 3. The number of azo groups is 1. The van der Waals surface area contributed by atoms with Crippen LogP contribution in [0.1, 0.15) is 0 Å². The topological polar surface area (TPSA) is 122 Å². The minimum absolute atomic E-state index is 0.0805. The van der Waals surface area contributed by atoms with Gasteiger partial charge in [-0.1, -0.05) is 18.2 Å². The molecule has 2 aromatic rings. The van der Waals surface area contributed by atoms with Crippen molar-refractivity contribution in [1.29, 1.82) is 0 Å². The van der Waals surface area contributed by atoms with Gasteiger partial charge in [-0.3, -0.25) is 0 Å². The smallest absolute Gasteiger partial charge is 0.126 e. The molecule has 0 amide bonds. The third-order valence-corrected chi connectivity index (χ3v) is 2.78. The molecule has 0 aliphatic heterocycles. The Hall–Kier alpha value is -2.39. The van der Waals surface area contributed by atoms with E-state index >= 15 is 0 Å². The monoisotopic (exact) mass is 347 g/mol. The number of pyridine rings is 1. The molecule has 0 aliphatic carbocycles. The summed E-state index contributed by atoms with van der Waals surface area (Å²) in [6.45, 7) is 1.98. The maximum atomic E-state index is 8.67. The molecule has 5 N–H and O–H groups in total. The zero-order valence-corrected chi connectivity index (χ0v) is 14.0. The first kappa shape index (κ1) is 20.7. The summed E-state index contributed by atoms with van der Waals surface area (Å²) in [6.07, 6.45) is 1.63. The van der Waals surface area contributed by atoms with Gasteiger partial charge in [-0.2, -0.15) is 5.11 Å². The second-order valence-electron chi connectivity index (χ2n) is 4.78. The van der Waals surface area contributed by atoms with E-state index in [4.69, 9.17) is 15.3 Å². The summed E-state index contributed by atoms with van der Waals surface area (Å²) in [4.78, 5) is 4.15. The number of aliphatic hydroxyl groups is 3. The van der Waals surface area contributed by atoms with Crippen LogP contribution in [0, 0.1) is 0 Å². The van der Waals surface area contributed by atoms with E-state index in [1.807, 2.05) is 36.4 Å². The fourth-order valence-corrected chi connectivity index (χ4v) is 1.63. The fraction of sp³-hybridized carbons (Fsp3) is 0.353. The zero-order valence-electron chi connectivity index (χ0n) is 14.0. The molecule has 0 aliphatic rings. The number of hydrogen-bond donors (Lipinski definition) is 5. The van der Waals surface area contributed by atoms with E-state index in [2.05, 4.69) is 25.8 Å². The average molecular weight is 347 g/mol. The number of aliphatic hydroxyl groups excluding tert-OH is 3. The number of rotatable bonds is 9. The minimum Gasteiger partial charge on any atom is -0.395 e. The third kappa shape index (κ3) is 10.2. The highest BCUT2D eigenvalue weighted by atomic mass is 16.3. The summed E-state index contributed by atoms with van der Waals surface area (Å²) >= 11 is 0. The molecule has 0 spiro atoms. The Balaban J connectivity index is 0.000000381. The standard InChI is InChI=1S/C13H14N4O.C4H11NO2/c18-9-8-14-13-7-6-12(10-15-13)17-16-11-4-2-1-3-5-11;6-3-1-5-2-4-7/h1-7,10,18H,8-9H2,(H,14,15);5-7H,1-4H2. The van der Waals surface area contributed by atoms with Crippen LogP contribution < -0.4 is 10.6 Å². The van der Waals surface area contributed by atoms with Crippen LogP contribution in [0.25, 0.3) is 0 Å². The Morgan fingerprint density at radius 2 is 1.40 bits per heavy atom. The maximum Gasteiger partial charge on any atom is 0.126 e. The summed E-state index contributed by atoms with van der Waals surface area (Å²) < 4.78 is 0. The molecule has 1 aromatic carbocycles. The van der Waals surface area contributed by atoms with Gasteiger partial charge in [-0.15, -0.1) is 5.11 Å². The lowest BCUT2D eigenvalue weighted by molar-refractivity contribution is 0.266. The van der Waals surface area contributed by atoms with E-state index in [9.17, 15) is 0 Å². The quantitative estimate of drug-likeness (QED) is 0.346. The molecule has 0 fully saturated rings. The van der Waals surface area contributed by atoms with Crippen molar-refractivity contribution >= 4 is 17.2 Å². The number of anilines is 1. The number of benzene rings is 1. The largest absolute Gasteiger partial charge is 0.395 e. The van der Waals surface area contributed by atoms with Gasteiger partial charge in [0.25, 0.3) is 0 Å². The van der Waals surface area contributed by atoms with Crippen molar-refractivity contribution in [1.82, 2.24) is 10.3 Å². The van der Waals surface area contributed by atoms with Crippen molar-refractivity contribution in [2.75, 3.05) is 44.8 Å². The molecule has 0 unspecified atom stereocenters. The van der Waals surface area contributed by atoms with Crippen LogP contribution in [0.4, 0.5) is 17.2 Å². The van der Waals surface area contributed by atoms with Gasteiger partial charge in [0.1, 0.15) is 11.5 Å². The highest BCUT2D eigenvalue weighted by Crippen LogP contribution is 2.17. The Morgan fingerprint density at radius 3 is 1.96 bits per heavy atom. The van der Waals surface area contributed by atoms with E-state index in [-0.39, 0.29) is 19.8 Å². The van der Waals surface area contributed by atoms with Gasteiger partial charge in [0.15, 0.2) is 0 Å². The first-order valence-corrected chi connectivity index (χ1v) is 8.00. The van der Waals surface area contributed by atoms with Gasteiger partial charge in [0, 0.05) is 19.6 Å². The van der Waals surface area contributed by atoms with Crippen LogP contribution in [0.2, 0.25) is 0 Å². The van der Waals surface area contributed by atoms with Crippen LogP contribution in [-0.4, -0.2) is 59.8 Å². The van der Waals surface area contributed by atoms with Crippen LogP contribution in [0.5, 0.6) is 0 Å². The van der Waals surface area contributed by atoms with Gasteiger partial charge < -0.3 is 26.0 Å². The first-order chi connectivity index (χ1) is 12.3. The lowest BCUT2D eigenvalue weighted by atomic mass is 10.3. The van der Waals surface area contributed by atoms with Crippen molar-refractivity contribution in [3.63, 3.8) is 0 Å². The molecule has 8 heteroatoms. The van der Waals surface area contributed by atoms with E-state index in [0.717, 1.165) is 5.69 Å². The first-order valence-electron chi connectivity index (χ1n) is 8.00. The summed E-state index contributed by atoms with van der Waals surface area (Å²) in [6, 6.07) is 13.1. The SMILES string of the molecule is OCCNCCO.OCCNc1ccc(N=Nc2ccccc2)cn1. The Morgan fingerprint density at radius 1 is 0.760 bits per heavy atom. The second-order valence-corrected chi connectivity index (χ2v) is 4.78. The van der Waals surface area contributed by atoms with E-state index in [1.54, 1.807) is 12.3 Å². The van der Waals surface area contributed by atoms with E-state index in [1.165, 1.54) is 0 Å². The number of hydrogen-bond acceptors (Lipinski definition) is 8. The van der Waals surface area contributed by atoms with Gasteiger partial charge in [0.05, 0.1) is 31.7 Å². The molecule has 8 nitrogen and oxygen atoms in total. The second kappa shape index (κ2) is 14.0. The van der Waals surface area contributed by atoms with Crippen LogP contribution >= 0.6 is 0 Å². The zero-order chi connectivity index (χ0) is 18.2. The Kier molecular flexibility index (Phi) is 11.6. The van der Waals surface area contributed by atoms with Crippen LogP contribution in [-0.2, 0) is 0 Å². The average Bonchev–Trinajstić information content (AvgIpc) is 2.67. The number of aromatic nitrogens is 1. The lowest BCUT2D eigenvalue weighted by Crippen LogP contribution is -2.21. The molecule has 0 bridgehead atoms. The van der Waals surface area contributed by atoms with Crippen molar-refractivity contribution < 1.29 is 15.3 Å². The molecule has 1 heterocycles. The van der Waals surface area contributed by atoms with Crippen molar-refractivity contribution in [2.24, 2.45) is 10.2 Å². The van der Waals surface area contributed by atoms with Crippen molar-refractivity contribution in [3.05, 3.63) is 48.7 Å². The molecule has 25 heavy (non-hydrogen) atoms. The molecular weight excluding hydrogens is 322 g/mol. The van der Waals surface area contributed by atoms with Crippen molar-refractivity contribution in [3.8, 4) is 0 Å². The molecule has 1 aromatic heterocycles. The summed E-state index contributed by atoms with van der Waals surface area (Å²) in [7, 11) is 0. The van der Waals surface area contributed by atoms with Gasteiger partial charge in [0.2, 0.25) is 0 Å². The van der Waals surface area contributed by atoms with E-state index < -0.39 is 0 Å².